The van der Waals surface area contributed by atoms with Gasteiger partial charge in [-0.15, -0.1) is 0 Å². The molecule has 0 unspecified atom stereocenters. The van der Waals surface area contributed by atoms with Crippen molar-refractivity contribution >= 4 is 38.5 Å². The summed E-state index contributed by atoms with van der Waals surface area (Å²) in [5.41, 5.74) is 1.07. The Labute approximate surface area is 128 Å². The van der Waals surface area contributed by atoms with Crippen molar-refractivity contribution in [2.24, 2.45) is 0 Å². The zero-order chi connectivity index (χ0) is 13.0. The number of pyridine rings is 1. The Kier molecular flexibility index (Phi) is 4.82. The van der Waals surface area contributed by atoms with Gasteiger partial charge in [-0.25, -0.2) is 4.98 Å². The number of hydrogen-bond acceptors (Lipinski definition) is 3. The molecule has 0 bridgehead atoms. The first-order chi connectivity index (χ1) is 8.69. The van der Waals surface area contributed by atoms with Crippen molar-refractivity contribution < 1.29 is 9.47 Å². The minimum absolute atomic E-state index is 0.482. The van der Waals surface area contributed by atoms with Gasteiger partial charge in [-0.2, -0.15) is 0 Å². The molecule has 0 fully saturated rings. The number of ether oxygens (including phenoxy) is 2. The van der Waals surface area contributed by atoms with E-state index in [0.29, 0.717) is 12.5 Å². The number of hydrogen-bond donors (Lipinski definition) is 0. The lowest BCUT2D eigenvalue weighted by Crippen LogP contribution is -1.99. The molecule has 0 radical (unpaired) electrons. The van der Waals surface area contributed by atoms with Gasteiger partial charge in [0.2, 0.25) is 5.88 Å². The first-order valence-corrected chi connectivity index (χ1v) is 7.14. The van der Waals surface area contributed by atoms with E-state index in [4.69, 9.17) is 9.47 Å². The van der Waals surface area contributed by atoms with Crippen molar-refractivity contribution in [1.29, 1.82) is 0 Å². The zero-order valence-electron chi connectivity index (χ0n) is 9.69. The van der Waals surface area contributed by atoms with Crippen LogP contribution in [0.15, 0.2) is 40.9 Å². The number of aromatic nitrogens is 1. The van der Waals surface area contributed by atoms with Crippen LogP contribution in [0.5, 0.6) is 11.6 Å². The van der Waals surface area contributed by atoms with Crippen molar-refractivity contribution in [3.63, 3.8) is 0 Å². The largest absolute Gasteiger partial charge is 0.497 e. The van der Waals surface area contributed by atoms with Crippen LogP contribution in [0.3, 0.4) is 0 Å². The smallest absolute Gasteiger partial charge is 0.229 e. The van der Waals surface area contributed by atoms with Crippen molar-refractivity contribution in [2.45, 2.75) is 6.61 Å². The minimum atomic E-state index is 0.482. The SMILES string of the molecule is COc1ccc(COc2nc(I)ccc2Br)cc1. The van der Waals surface area contributed by atoms with E-state index in [2.05, 4.69) is 43.5 Å². The summed E-state index contributed by atoms with van der Waals surface area (Å²) >= 11 is 5.57. The van der Waals surface area contributed by atoms with Crippen LogP contribution in [0.2, 0.25) is 0 Å². The van der Waals surface area contributed by atoms with Crippen LogP contribution in [0, 0.1) is 3.70 Å². The normalized spacial score (nSPS) is 10.2. The molecule has 1 aromatic carbocycles. The molecule has 1 aromatic heterocycles. The number of methoxy groups -OCH3 is 1. The average molecular weight is 420 g/mol. The molecule has 94 valence electrons. The lowest BCUT2D eigenvalue weighted by atomic mass is 10.2. The molecule has 0 saturated carbocycles. The van der Waals surface area contributed by atoms with Gasteiger partial charge in [0.05, 0.1) is 11.6 Å². The Morgan fingerprint density at radius 1 is 1.17 bits per heavy atom. The number of benzene rings is 1. The second-order valence-electron chi connectivity index (χ2n) is 3.56. The third kappa shape index (κ3) is 3.58. The van der Waals surface area contributed by atoms with Gasteiger partial charge in [0, 0.05) is 0 Å². The van der Waals surface area contributed by atoms with E-state index >= 15 is 0 Å². The minimum Gasteiger partial charge on any atom is -0.497 e. The molecule has 0 saturated heterocycles. The van der Waals surface area contributed by atoms with Gasteiger partial charge in [-0.05, 0) is 68.3 Å². The molecule has 5 heteroatoms. The lowest BCUT2D eigenvalue weighted by Gasteiger charge is -2.08. The van der Waals surface area contributed by atoms with E-state index in [-0.39, 0.29) is 0 Å². The van der Waals surface area contributed by atoms with E-state index in [0.717, 1.165) is 19.5 Å². The van der Waals surface area contributed by atoms with Crippen LogP contribution in [0.4, 0.5) is 0 Å². The van der Waals surface area contributed by atoms with Crippen LogP contribution < -0.4 is 9.47 Å². The maximum atomic E-state index is 5.67. The predicted octanol–water partition coefficient (Wildman–Crippen LogP) is 4.04. The highest BCUT2D eigenvalue weighted by atomic mass is 127. The summed E-state index contributed by atoms with van der Waals surface area (Å²) in [5, 5.41) is 0. The van der Waals surface area contributed by atoms with Crippen LogP contribution in [0.25, 0.3) is 0 Å². The highest BCUT2D eigenvalue weighted by Gasteiger charge is 2.04. The van der Waals surface area contributed by atoms with Gasteiger partial charge in [0.15, 0.2) is 0 Å². The fourth-order valence-electron chi connectivity index (χ4n) is 1.38. The first kappa shape index (κ1) is 13.6. The van der Waals surface area contributed by atoms with Crippen molar-refractivity contribution in [3.8, 4) is 11.6 Å². The highest BCUT2D eigenvalue weighted by Crippen LogP contribution is 2.24. The highest BCUT2D eigenvalue weighted by molar-refractivity contribution is 14.1. The molecule has 1 heterocycles. The second kappa shape index (κ2) is 6.38. The molecule has 0 atom stereocenters. The molecular formula is C13H11BrINO2. The molecule has 18 heavy (non-hydrogen) atoms. The van der Waals surface area contributed by atoms with E-state index in [1.54, 1.807) is 7.11 Å². The number of halogens is 2. The summed E-state index contributed by atoms with van der Waals surface area (Å²) in [7, 11) is 1.65. The summed E-state index contributed by atoms with van der Waals surface area (Å²) in [5.74, 6) is 1.45. The van der Waals surface area contributed by atoms with Crippen LogP contribution in [0.1, 0.15) is 5.56 Å². The fourth-order valence-corrected chi connectivity index (χ4v) is 2.11. The average Bonchev–Trinajstić information content (AvgIpc) is 2.40. The summed E-state index contributed by atoms with van der Waals surface area (Å²) < 4.78 is 12.5. The standard InChI is InChI=1S/C13H11BrINO2/c1-17-10-4-2-9(3-5-10)8-18-13-11(14)6-7-12(15)16-13/h2-7H,8H2,1H3. The molecule has 0 aliphatic carbocycles. The molecule has 0 aliphatic heterocycles. The van der Waals surface area contributed by atoms with Crippen molar-refractivity contribution in [2.75, 3.05) is 7.11 Å². The first-order valence-electron chi connectivity index (χ1n) is 5.27. The summed E-state index contributed by atoms with van der Waals surface area (Å²) in [4.78, 5) is 4.31. The van der Waals surface area contributed by atoms with Crippen LogP contribution >= 0.6 is 38.5 Å². The van der Waals surface area contributed by atoms with Crippen LogP contribution in [-0.2, 0) is 6.61 Å². The molecule has 2 aromatic rings. The molecule has 0 aliphatic rings. The summed E-state index contributed by atoms with van der Waals surface area (Å²) in [6.07, 6.45) is 0. The van der Waals surface area contributed by atoms with Crippen molar-refractivity contribution in [3.05, 3.63) is 50.1 Å². The second-order valence-corrected chi connectivity index (χ2v) is 5.52. The molecule has 3 nitrogen and oxygen atoms in total. The number of nitrogens with zero attached hydrogens (tertiary/aromatic N) is 1. The molecule has 0 N–H and O–H groups in total. The van der Waals surface area contributed by atoms with Crippen molar-refractivity contribution in [1.82, 2.24) is 4.98 Å². The molecule has 0 spiro atoms. The van der Waals surface area contributed by atoms with Crippen LogP contribution in [-0.4, -0.2) is 12.1 Å². The van der Waals surface area contributed by atoms with E-state index in [1.165, 1.54) is 0 Å². The zero-order valence-corrected chi connectivity index (χ0v) is 13.4. The third-order valence-electron chi connectivity index (χ3n) is 2.31. The van der Waals surface area contributed by atoms with E-state index in [1.807, 2.05) is 36.4 Å². The Balaban J connectivity index is 2.04. The summed E-state index contributed by atoms with van der Waals surface area (Å²) in [6.45, 7) is 0.482. The van der Waals surface area contributed by atoms with E-state index < -0.39 is 0 Å². The van der Waals surface area contributed by atoms with Gasteiger partial charge >= 0.3 is 0 Å². The Morgan fingerprint density at radius 2 is 1.89 bits per heavy atom. The Bertz CT molecular complexity index is 531. The predicted molar refractivity (Wildman–Crippen MR) is 82.0 cm³/mol. The monoisotopic (exact) mass is 419 g/mol. The van der Waals surface area contributed by atoms with Gasteiger partial charge in [-0.1, -0.05) is 12.1 Å². The lowest BCUT2D eigenvalue weighted by molar-refractivity contribution is 0.291. The van der Waals surface area contributed by atoms with Gasteiger partial charge in [-0.3, -0.25) is 0 Å². The van der Waals surface area contributed by atoms with Gasteiger partial charge in [0.1, 0.15) is 16.1 Å². The maximum Gasteiger partial charge on any atom is 0.229 e. The fraction of sp³-hybridized carbons (Fsp3) is 0.154. The topological polar surface area (TPSA) is 31.4 Å². The Hall–Kier alpha value is -0.820. The third-order valence-corrected chi connectivity index (χ3v) is 3.52. The number of rotatable bonds is 4. The van der Waals surface area contributed by atoms with Gasteiger partial charge in [0.25, 0.3) is 0 Å². The maximum absolute atomic E-state index is 5.67. The summed E-state index contributed by atoms with van der Waals surface area (Å²) in [6, 6.07) is 11.6. The quantitative estimate of drug-likeness (QED) is 0.553. The molecule has 2 rings (SSSR count). The Morgan fingerprint density at radius 3 is 2.56 bits per heavy atom. The van der Waals surface area contributed by atoms with Gasteiger partial charge < -0.3 is 9.47 Å². The molecular weight excluding hydrogens is 409 g/mol. The van der Waals surface area contributed by atoms with E-state index in [9.17, 15) is 0 Å². The molecule has 0 amide bonds.